The third kappa shape index (κ3) is 4.62. The molecule has 6 heteroatoms. The molecule has 0 aliphatic heterocycles. The molecule has 1 amide bonds. The Balaban J connectivity index is 1.47. The number of thiazole rings is 1. The zero-order chi connectivity index (χ0) is 20.1. The highest BCUT2D eigenvalue weighted by atomic mass is 32.1. The van der Waals surface area contributed by atoms with Gasteiger partial charge in [0.25, 0.3) is 5.91 Å². The topological polar surface area (TPSA) is 60.5 Å². The number of nitrogens with zero attached hydrogens (tertiary/aromatic N) is 1. The summed E-state index contributed by atoms with van der Waals surface area (Å²) in [5, 5.41) is 5.28. The fraction of sp³-hybridized carbons (Fsp3) is 0.0435. The molecule has 0 aliphatic carbocycles. The Morgan fingerprint density at radius 3 is 2.48 bits per heavy atom. The minimum atomic E-state index is -0.241. The molecule has 5 nitrogen and oxygen atoms in total. The number of hydrogen-bond donors (Lipinski definition) is 1. The Labute approximate surface area is 172 Å². The zero-order valence-electron chi connectivity index (χ0n) is 15.7. The lowest BCUT2D eigenvalue weighted by molar-refractivity contribution is 0.102. The number of para-hydroxylation sites is 1. The summed E-state index contributed by atoms with van der Waals surface area (Å²) in [6.07, 6.45) is 0. The highest BCUT2D eigenvalue weighted by molar-refractivity contribution is 7.14. The summed E-state index contributed by atoms with van der Waals surface area (Å²) in [7, 11) is 1.63. The Kier molecular flexibility index (Phi) is 5.54. The molecule has 0 spiro atoms. The first kappa shape index (κ1) is 18.7. The van der Waals surface area contributed by atoms with Crippen molar-refractivity contribution in [3.05, 3.63) is 89.8 Å². The molecule has 29 heavy (non-hydrogen) atoms. The van der Waals surface area contributed by atoms with Gasteiger partial charge in [-0.15, -0.1) is 11.3 Å². The van der Waals surface area contributed by atoms with Gasteiger partial charge in [0.05, 0.1) is 12.8 Å². The molecular weight excluding hydrogens is 384 g/mol. The van der Waals surface area contributed by atoms with Gasteiger partial charge in [-0.05, 0) is 42.5 Å². The number of ether oxygens (including phenoxy) is 2. The Morgan fingerprint density at radius 1 is 0.897 bits per heavy atom. The third-order valence-electron chi connectivity index (χ3n) is 4.17. The van der Waals surface area contributed by atoms with E-state index >= 15 is 0 Å². The van der Waals surface area contributed by atoms with Crippen LogP contribution in [0.25, 0.3) is 11.3 Å². The molecule has 144 valence electrons. The van der Waals surface area contributed by atoms with E-state index in [0.29, 0.717) is 22.2 Å². The third-order valence-corrected chi connectivity index (χ3v) is 4.92. The van der Waals surface area contributed by atoms with Crippen LogP contribution in [-0.4, -0.2) is 18.0 Å². The van der Waals surface area contributed by atoms with Gasteiger partial charge in [-0.1, -0.05) is 36.4 Å². The van der Waals surface area contributed by atoms with Gasteiger partial charge < -0.3 is 9.47 Å². The van der Waals surface area contributed by atoms with Crippen molar-refractivity contribution in [2.45, 2.75) is 0 Å². The van der Waals surface area contributed by atoms with E-state index in [4.69, 9.17) is 9.47 Å². The van der Waals surface area contributed by atoms with Gasteiger partial charge in [-0.25, -0.2) is 4.98 Å². The maximum absolute atomic E-state index is 12.6. The van der Waals surface area contributed by atoms with E-state index in [2.05, 4.69) is 10.3 Å². The summed E-state index contributed by atoms with van der Waals surface area (Å²) in [6, 6.07) is 24.1. The van der Waals surface area contributed by atoms with Crippen LogP contribution in [0.5, 0.6) is 17.2 Å². The number of nitrogens with one attached hydrogen (secondary N) is 1. The predicted octanol–water partition coefficient (Wildman–Crippen LogP) is 5.86. The Morgan fingerprint density at radius 2 is 1.66 bits per heavy atom. The molecule has 1 aromatic heterocycles. The van der Waals surface area contributed by atoms with Crippen molar-refractivity contribution >= 4 is 22.4 Å². The quantitative estimate of drug-likeness (QED) is 0.439. The molecule has 0 atom stereocenters. The molecule has 4 rings (SSSR count). The highest BCUT2D eigenvalue weighted by Crippen LogP contribution is 2.28. The molecule has 1 heterocycles. The largest absolute Gasteiger partial charge is 0.497 e. The van der Waals surface area contributed by atoms with Crippen LogP contribution in [0.3, 0.4) is 0 Å². The van der Waals surface area contributed by atoms with E-state index in [1.807, 2.05) is 66.0 Å². The molecule has 0 saturated carbocycles. The van der Waals surface area contributed by atoms with Gasteiger partial charge in [0.15, 0.2) is 5.13 Å². The first-order valence-corrected chi connectivity index (χ1v) is 9.83. The van der Waals surface area contributed by atoms with Gasteiger partial charge in [0.1, 0.15) is 17.2 Å². The van der Waals surface area contributed by atoms with E-state index in [0.717, 1.165) is 17.0 Å². The average Bonchev–Trinajstić information content (AvgIpc) is 3.23. The number of hydrogen-bond acceptors (Lipinski definition) is 5. The van der Waals surface area contributed by atoms with Gasteiger partial charge >= 0.3 is 0 Å². The minimum absolute atomic E-state index is 0.241. The van der Waals surface area contributed by atoms with E-state index < -0.39 is 0 Å². The second-order valence-electron chi connectivity index (χ2n) is 6.17. The summed E-state index contributed by atoms with van der Waals surface area (Å²) in [6.45, 7) is 0. The molecule has 4 aromatic rings. The van der Waals surface area contributed by atoms with Crippen molar-refractivity contribution in [1.82, 2.24) is 4.98 Å². The molecule has 1 N–H and O–H groups in total. The summed E-state index contributed by atoms with van der Waals surface area (Å²) >= 11 is 1.37. The van der Waals surface area contributed by atoms with Crippen molar-refractivity contribution < 1.29 is 14.3 Å². The minimum Gasteiger partial charge on any atom is -0.497 e. The second kappa shape index (κ2) is 8.58. The van der Waals surface area contributed by atoms with Crippen molar-refractivity contribution in [2.24, 2.45) is 0 Å². The van der Waals surface area contributed by atoms with Crippen molar-refractivity contribution in [3.8, 4) is 28.5 Å². The molecule has 0 fully saturated rings. The smallest absolute Gasteiger partial charge is 0.257 e. The van der Waals surface area contributed by atoms with Crippen LogP contribution in [0.1, 0.15) is 10.4 Å². The van der Waals surface area contributed by atoms with Crippen LogP contribution in [-0.2, 0) is 0 Å². The van der Waals surface area contributed by atoms with Crippen LogP contribution in [0.15, 0.2) is 84.2 Å². The van der Waals surface area contributed by atoms with Crippen LogP contribution in [0, 0.1) is 0 Å². The number of carbonyl (C=O) groups excluding carboxylic acids is 1. The average molecular weight is 402 g/mol. The summed E-state index contributed by atoms with van der Waals surface area (Å²) in [5.41, 5.74) is 2.21. The number of carbonyl (C=O) groups is 1. The Bertz CT molecular complexity index is 1130. The van der Waals surface area contributed by atoms with Crippen molar-refractivity contribution in [1.29, 1.82) is 0 Å². The van der Waals surface area contributed by atoms with Crippen LogP contribution >= 0.6 is 11.3 Å². The summed E-state index contributed by atoms with van der Waals surface area (Å²) in [4.78, 5) is 17.2. The lowest BCUT2D eigenvalue weighted by Crippen LogP contribution is -2.11. The van der Waals surface area contributed by atoms with Gasteiger partial charge in [-0.3, -0.25) is 10.1 Å². The Hall–Kier alpha value is -3.64. The number of benzene rings is 3. The van der Waals surface area contributed by atoms with Gasteiger partial charge in [-0.2, -0.15) is 0 Å². The number of amides is 1. The fourth-order valence-corrected chi connectivity index (χ4v) is 3.46. The molecule has 0 bridgehead atoms. The van der Waals surface area contributed by atoms with Crippen LogP contribution < -0.4 is 14.8 Å². The van der Waals surface area contributed by atoms with Gasteiger partial charge in [0, 0.05) is 16.5 Å². The van der Waals surface area contributed by atoms with E-state index in [1.165, 1.54) is 11.3 Å². The molecule has 3 aromatic carbocycles. The van der Waals surface area contributed by atoms with E-state index in [-0.39, 0.29) is 5.91 Å². The standard InChI is InChI=1S/C23H18N2O3S/c1-27-19-11-5-7-16(13-19)21-15-29-23(24-21)25-22(26)17-8-6-12-20(14-17)28-18-9-3-2-4-10-18/h2-15H,1H3,(H,24,25,26). The monoisotopic (exact) mass is 402 g/mol. The molecule has 0 aliphatic rings. The normalized spacial score (nSPS) is 10.4. The maximum atomic E-state index is 12.6. The number of anilines is 1. The molecule has 0 radical (unpaired) electrons. The highest BCUT2D eigenvalue weighted by Gasteiger charge is 2.11. The first-order valence-electron chi connectivity index (χ1n) is 8.95. The number of aromatic nitrogens is 1. The predicted molar refractivity (Wildman–Crippen MR) is 115 cm³/mol. The molecule has 0 unspecified atom stereocenters. The van der Waals surface area contributed by atoms with Crippen LogP contribution in [0.2, 0.25) is 0 Å². The second-order valence-corrected chi connectivity index (χ2v) is 7.03. The summed E-state index contributed by atoms with van der Waals surface area (Å²) in [5.74, 6) is 1.83. The fourth-order valence-electron chi connectivity index (χ4n) is 2.74. The molecule has 0 saturated heterocycles. The lowest BCUT2D eigenvalue weighted by Gasteiger charge is -2.07. The zero-order valence-corrected chi connectivity index (χ0v) is 16.5. The number of rotatable bonds is 6. The van der Waals surface area contributed by atoms with E-state index in [9.17, 15) is 4.79 Å². The van der Waals surface area contributed by atoms with Gasteiger partial charge in [0.2, 0.25) is 0 Å². The van der Waals surface area contributed by atoms with Crippen molar-refractivity contribution in [2.75, 3.05) is 12.4 Å². The SMILES string of the molecule is COc1cccc(-c2csc(NC(=O)c3cccc(Oc4ccccc4)c3)n2)c1. The maximum Gasteiger partial charge on any atom is 0.257 e. The molecular formula is C23H18N2O3S. The lowest BCUT2D eigenvalue weighted by atomic mass is 10.2. The van der Waals surface area contributed by atoms with E-state index in [1.54, 1.807) is 25.3 Å². The number of methoxy groups -OCH3 is 1. The summed E-state index contributed by atoms with van der Waals surface area (Å²) < 4.78 is 11.1. The first-order chi connectivity index (χ1) is 14.2. The van der Waals surface area contributed by atoms with Crippen molar-refractivity contribution in [3.63, 3.8) is 0 Å². The van der Waals surface area contributed by atoms with Crippen LogP contribution in [0.4, 0.5) is 5.13 Å².